The number of ether oxygens (including phenoxy) is 1. The Morgan fingerprint density at radius 3 is 2.33 bits per heavy atom. The largest absolute Gasteiger partial charge is 0.438 e. The van der Waals surface area contributed by atoms with Gasteiger partial charge < -0.3 is 19.6 Å². The van der Waals surface area contributed by atoms with Crippen molar-refractivity contribution in [1.82, 2.24) is 14.9 Å². The number of nitrogens with zero attached hydrogens (tertiary/aromatic N) is 2. The minimum atomic E-state index is -4.61. The molecule has 0 bridgehead atoms. The number of hydrogen-bond donors (Lipinski definition) is 2. The lowest BCUT2D eigenvalue weighted by molar-refractivity contribution is -0.141. The Hall–Kier alpha value is -4.12. The molecule has 2 heterocycles. The lowest BCUT2D eigenvalue weighted by Crippen LogP contribution is -2.51. The molecule has 0 spiro atoms. The molecular formula is C29H28F3N3O5. The zero-order chi connectivity index (χ0) is 28.9. The van der Waals surface area contributed by atoms with Crippen molar-refractivity contribution < 1.29 is 32.2 Å². The number of fused-ring (bicyclic) bond motifs is 1. The van der Waals surface area contributed by atoms with E-state index < -0.39 is 41.6 Å². The zero-order valence-corrected chi connectivity index (χ0v) is 22.1. The Bertz CT molecular complexity index is 1600. The molecule has 4 aromatic rings. The van der Waals surface area contributed by atoms with Crippen LogP contribution in [0.3, 0.4) is 0 Å². The number of amides is 1. The van der Waals surface area contributed by atoms with Crippen LogP contribution in [0, 0.1) is 0 Å². The molecule has 40 heavy (non-hydrogen) atoms. The molecule has 2 aromatic heterocycles. The summed E-state index contributed by atoms with van der Waals surface area (Å²) >= 11 is 0. The molecule has 2 aromatic carbocycles. The minimum absolute atomic E-state index is 0.0576. The number of aliphatic hydroxyl groups is 1. The van der Waals surface area contributed by atoms with Gasteiger partial charge in [-0.1, -0.05) is 54.6 Å². The van der Waals surface area contributed by atoms with E-state index in [0.717, 1.165) is 6.33 Å². The van der Waals surface area contributed by atoms with Gasteiger partial charge in [0, 0.05) is 29.5 Å². The molecule has 210 valence electrons. The summed E-state index contributed by atoms with van der Waals surface area (Å²) in [5.41, 5.74) is -0.375. The van der Waals surface area contributed by atoms with E-state index in [9.17, 15) is 27.9 Å². The molecule has 2 N–H and O–H groups in total. The molecular weight excluding hydrogens is 527 g/mol. The first-order valence-corrected chi connectivity index (χ1v) is 12.7. The third kappa shape index (κ3) is 5.46. The van der Waals surface area contributed by atoms with Gasteiger partial charge >= 0.3 is 12.3 Å². The number of carbonyl (C=O) groups is 1. The van der Waals surface area contributed by atoms with Crippen LogP contribution in [0.4, 0.5) is 18.0 Å². The summed E-state index contributed by atoms with van der Waals surface area (Å²) < 4.78 is 51.6. The molecule has 1 aliphatic carbocycles. The van der Waals surface area contributed by atoms with Gasteiger partial charge in [0.2, 0.25) is 5.71 Å². The number of halogens is 3. The molecule has 0 aliphatic heterocycles. The van der Waals surface area contributed by atoms with E-state index in [-0.39, 0.29) is 29.7 Å². The second-order valence-corrected chi connectivity index (χ2v) is 11.0. The Kier molecular flexibility index (Phi) is 6.73. The number of furan rings is 1. The van der Waals surface area contributed by atoms with Crippen molar-refractivity contribution in [2.24, 2.45) is 0 Å². The SMILES string of the molecule is CC(C)(C)NC(=O)OC1(c2ccc(-c3oc4ncn(CC(F)(F)F)c(=O)c4c3-c3ccccc3)cc2)CC(O)C1. The van der Waals surface area contributed by atoms with Gasteiger partial charge in [-0.15, -0.1) is 0 Å². The van der Waals surface area contributed by atoms with Gasteiger partial charge in [-0.25, -0.2) is 9.78 Å². The van der Waals surface area contributed by atoms with Crippen molar-refractivity contribution in [2.45, 2.75) is 63.6 Å². The highest BCUT2D eigenvalue weighted by molar-refractivity contribution is 5.99. The number of alkyl halides is 3. The number of hydrogen-bond acceptors (Lipinski definition) is 6. The van der Waals surface area contributed by atoms with E-state index >= 15 is 0 Å². The fraction of sp³-hybridized carbons (Fsp3) is 0.345. The van der Waals surface area contributed by atoms with E-state index in [1.165, 1.54) is 0 Å². The maximum atomic E-state index is 13.2. The van der Waals surface area contributed by atoms with Crippen molar-refractivity contribution in [3.05, 3.63) is 76.8 Å². The Morgan fingerprint density at radius 1 is 1.10 bits per heavy atom. The number of nitrogens with one attached hydrogen (secondary N) is 1. The second-order valence-electron chi connectivity index (χ2n) is 11.0. The summed E-state index contributed by atoms with van der Waals surface area (Å²) in [5, 5.41) is 12.8. The Balaban J connectivity index is 1.57. The first-order chi connectivity index (χ1) is 18.7. The van der Waals surface area contributed by atoms with Crippen molar-refractivity contribution in [1.29, 1.82) is 0 Å². The molecule has 0 radical (unpaired) electrons. The van der Waals surface area contributed by atoms with Crippen molar-refractivity contribution in [3.63, 3.8) is 0 Å². The monoisotopic (exact) mass is 555 g/mol. The average Bonchev–Trinajstić information content (AvgIpc) is 3.24. The molecule has 1 fully saturated rings. The van der Waals surface area contributed by atoms with Gasteiger partial charge in [0.15, 0.2) is 0 Å². The number of aliphatic hydroxyl groups excluding tert-OH is 1. The van der Waals surface area contributed by atoms with Gasteiger partial charge in [0.1, 0.15) is 29.6 Å². The number of aromatic nitrogens is 2. The molecule has 0 atom stereocenters. The van der Waals surface area contributed by atoms with Crippen LogP contribution in [0.5, 0.6) is 0 Å². The quantitative estimate of drug-likeness (QED) is 0.324. The summed E-state index contributed by atoms with van der Waals surface area (Å²) in [6.45, 7) is 4.01. The third-order valence-corrected chi connectivity index (χ3v) is 6.66. The number of carbonyl (C=O) groups excluding carboxylic acids is 1. The first kappa shape index (κ1) is 27.4. The molecule has 11 heteroatoms. The van der Waals surface area contributed by atoms with Crippen molar-refractivity contribution in [3.8, 4) is 22.5 Å². The highest BCUT2D eigenvalue weighted by atomic mass is 19.4. The van der Waals surface area contributed by atoms with Gasteiger partial charge in [0.25, 0.3) is 5.56 Å². The van der Waals surface area contributed by atoms with E-state index in [0.29, 0.717) is 26.8 Å². The van der Waals surface area contributed by atoms with E-state index in [2.05, 4.69) is 10.3 Å². The molecule has 0 saturated heterocycles. The van der Waals surface area contributed by atoms with E-state index in [1.807, 2.05) is 20.8 Å². The third-order valence-electron chi connectivity index (χ3n) is 6.66. The fourth-order valence-electron chi connectivity index (χ4n) is 4.93. The molecule has 1 aliphatic rings. The van der Waals surface area contributed by atoms with Crippen LogP contribution in [0.25, 0.3) is 33.6 Å². The summed E-state index contributed by atoms with van der Waals surface area (Å²) in [4.78, 5) is 29.7. The van der Waals surface area contributed by atoms with Crippen LogP contribution in [0.1, 0.15) is 39.2 Å². The Labute approximate surface area is 227 Å². The van der Waals surface area contributed by atoms with Gasteiger partial charge in [-0.3, -0.25) is 9.36 Å². The van der Waals surface area contributed by atoms with E-state index in [1.54, 1.807) is 54.6 Å². The first-order valence-electron chi connectivity index (χ1n) is 12.7. The lowest BCUT2D eigenvalue weighted by Gasteiger charge is -2.45. The summed E-state index contributed by atoms with van der Waals surface area (Å²) in [6, 6.07) is 15.6. The van der Waals surface area contributed by atoms with E-state index in [4.69, 9.17) is 9.15 Å². The zero-order valence-electron chi connectivity index (χ0n) is 22.1. The van der Waals surface area contributed by atoms with Crippen LogP contribution in [-0.4, -0.2) is 38.6 Å². The van der Waals surface area contributed by atoms with Gasteiger partial charge in [-0.2, -0.15) is 13.2 Å². The number of alkyl carbamates (subject to hydrolysis) is 1. The smallest absolute Gasteiger partial charge is 0.408 e. The molecule has 0 unspecified atom stereocenters. The lowest BCUT2D eigenvalue weighted by atomic mass is 9.72. The van der Waals surface area contributed by atoms with Crippen LogP contribution in [0.2, 0.25) is 0 Å². The predicted molar refractivity (Wildman–Crippen MR) is 141 cm³/mol. The average molecular weight is 556 g/mol. The summed E-state index contributed by atoms with van der Waals surface area (Å²) in [6.07, 6.45) is -4.54. The number of rotatable bonds is 5. The highest BCUT2D eigenvalue weighted by Crippen LogP contribution is 2.46. The predicted octanol–water partition coefficient (Wildman–Crippen LogP) is 5.76. The highest BCUT2D eigenvalue weighted by Gasteiger charge is 2.49. The molecule has 8 nitrogen and oxygen atoms in total. The van der Waals surface area contributed by atoms with Crippen LogP contribution in [-0.2, 0) is 16.9 Å². The second kappa shape index (κ2) is 9.81. The van der Waals surface area contributed by atoms with Crippen molar-refractivity contribution in [2.75, 3.05) is 0 Å². The molecule has 1 saturated carbocycles. The molecule has 5 rings (SSSR count). The Morgan fingerprint density at radius 2 is 1.75 bits per heavy atom. The summed E-state index contributed by atoms with van der Waals surface area (Å²) in [7, 11) is 0. The number of benzene rings is 2. The van der Waals surface area contributed by atoms with Crippen LogP contribution >= 0.6 is 0 Å². The normalized spacial score (nSPS) is 19.3. The minimum Gasteiger partial charge on any atom is -0.438 e. The topological polar surface area (TPSA) is 107 Å². The van der Waals surface area contributed by atoms with Crippen LogP contribution in [0.15, 0.2) is 70.1 Å². The van der Waals surface area contributed by atoms with Gasteiger partial charge in [0.05, 0.1) is 6.10 Å². The summed E-state index contributed by atoms with van der Waals surface area (Å²) in [5.74, 6) is 0.260. The van der Waals surface area contributed by atoms with Gasteiger partial charge in [-0.05, 0) is 31.9 Å². The maximum absolute atomic E-state index is 13.2. The molecule has 1 amide bonds. The fourth-order valence-corrected chi connectivity index (χ4v) is 4.93. The maximum Gasteiger partial charge on any atom is 0.408 e. The van der Waals surface area contributed by atoms with Crippen molar-refractivity contribution >= 4 is 17.2 Å². The standard InChI is InChI=1S/C29H28F3N3O5/c1-27(2,3)34-26(38)40-28(13-20(36)14-28)19-11-9-18(10-12-19)23-21(17-7-5-4-6-8-17)22-24(39-23)33-16-35(25(22)37)15-29(30,31)32/h4-12,16,20,36H,13-15H2,1-3H3,(H,34,38). The van der Waals surface area contributed by atoms with Crippen LogP contribution < -0.4 is 10.9 Å².